The molecule has 1 aliphatic heterocycles. The van der Waals surface area contributed by atoms with Crippen LogP contribution in [0, 0.1) is 0 Å². The standard InChI is InChI=1S/C27H19ClN2O2S/c28-18-13-11-16(12-14-18)15-23-26(32)30-25(20-8-3-6-17-5-1-2-7-19(17)20)24-21(29-27(30)33-23)9-4-10-22(24)31/h1-3,5-8,11-15,25H,4,9-10H2. The van der Waals surface area contributed by atoms with Gasteiger partial charge in [0.2, 0.25) is 0 Å². The third-order valence-corrected chi connectivity index (χ3v) is 7.55. The van der Waals surface area contributed by atoms with E-state index in [-0.39, 0.29) is 11.3 Å². The van der Waals surface area contributed by atoms with Gasteiger partial charge in [0, 0.05) is 17.0 Å². The van der Waals surface area contributed by atoms with Crippen molar-refractivity contribution in [1.82, 2.24) is 4.57 Å². The highest BCUT2D eigenvalue weighted by molar-refractivity contribution is 7.07. The van der Waals surface area contributed by atoms with Crippen molar-refractivity contribution >= 4 is 45.6 Å². The molecule has 4 aromatic rings. The minimum Gasteiger partial charge on any atom is -0.294 e. The highest BCUT2D eigenvalue weighted by Crippen LogP contribution is 2.38. The summed E-state index contributed by atoms with van der Waals surface area (Å²) in [7, 11) is 0. The Balaban J connectivity index is 1.65. The number of fused-ring (bicyclic) bond motifs is 2. The molecular formula is C27H19ClN2O2S. The molecule has 0 radical (unpaired) electrons. The van der Waals surface area contributed by atoms with Gasteiger partial charge in [0.25, 0.3) is 5.56 Å². The Labute approximate surface area is 198 Å². The van der Waals surface area contributed by atoms with Gasteiger partial charge in [-0.15, -0.1) is 0 Å². The number of carbonyl (C=O) groups excluding carboxylic acids is 1. The van der Waals surface area contributed by atoms with Crippen LogP contribution in [-0.2, 0) is 4.79 Å². The van der Waals surface area contributed by atoms with Gasteiger partial charge in [-0.05, 0) is 52.9 Å². The minimum atomic E-state index is -0.470. The minimum absolute atomic E-state index is 0.0879. The quantitative estimate of drug-likeness (QED) is 0.423. The van der Waals surface area contributed by atoms with Gasteiger partial charge in [0.1, 0.15) is 0 Å². The van der Waals surface area contributed by atoms with E-state index < -0.39 is 6.04 Å². The first-order chi connectivity index (χ1) is 16.1. The van der Waals surface area contributed by atoms with E-state index >= 15 is 0 Å². The molecule has 6 heteroatoms. The zero-order chi connectivity index (χ0) is 22.5. The van der Waals surface area contributed by atoms with Crippen LogP contribution in [0.25, 0.3) is 16.8 Å². The Morgan fingerprint density at radius 2 is 1.76 bits per heavy atom. The predicted octanol–water partition coefficient (Wildman–Crippen LogP) is 4.77. The topological polar surface area (TPSA) is 51.4 Å². The van der Waals surface area contributed by atoms with Crippen molar-refractivity contribution in [3.05, 3.63) is 114 Å². The van der Waals surface area contributed by atoms with E-state index in [1.165, 1.54) is 11.3 Å². The maximum atomic E-state index is 13.7. The summed E-state index contributed by atoms with van der Waals surface area (Å²) in [4.78, 5) is 32.3. The Morgan fingerprint density at radius 1 is 0.970 bits per heavy atom. The SMILES string of the molecule is O=C1CCCC2=C1C(c1cccc3ccccc13)n1c(sc(=Cc3ccc(Cl)cc3)c1=O)=N2. The molecule has 0 saturated carbocycles. The summed E-state index contributed by atoms with van der Waals surface area (Å²) >= 11 is 7.39. The van der Waals surface area contributed by atoms with E-state index in [2.05, 4.69) is 18.2 Å². The largest absolute Gasteiger partial charge is 0.294 e. The zero-order valence-corrected chi connectivity index (χ0v) is 19.2. The van der Waals surface area contributed by atoms with Crippen molar-refractivity contribution in [3.8, 4) is 0 Å². The molecule has 0 saturated heterocycles. The van der Waals surface area contributed by atoms with Crippen LogP contribution in [-0.4, -0.2) is 10.4 Å². The summed E-state index contributed by atoms with van der Waals surface area (Å²) in [5.41, 5.74) is 3.22. The van der Waals surface area contributed by atoms with Gasteiger partial charge < -0.3 is 0 Å². The van der Waals surface area contributed by atoms with Crippen molar-refractivity contribution in [2.24, 2.45) is 4.99 Å². The van der Waals surface area contributed by atoms with Crippen molar-refractivity contribution in [2.75, 3.05) is 0 Å². The number of halogens is 1. The number of thiazole rings is 1. The van der Waals surface area contributed by atoms with Crippen LogP contribution >= 0.6 is 22.9 Å². The second kappa shape index (κ2) is 7.94. The molecule has 162 valence electrons. The number of hydrogen-bond acceptors (Lipinski definition) is 4. The predicted molar refractivity (Wildman–Crippen MR) is 132 cm³/mol. The van der Waals surface area contributed by atoms with E-state index in [0.717, 1.165) is 40.4 Å². The maximum Gasteiger partial charge on any atom is 0.271 e. The van der Waals surface area contributed by atoms with Crippen LogP contribution in [0.15, 0.2) is 87.8 Å². The number of nitrogens with zero attached hydrogens (tertiary/aromatic N) is 2. The third kappa shape index (κ3) is 3.39. The average Bonchev–Trinajstić information content (AvgIpc) is 3.14. The molecular weight excluding hydrogens is 452 g/mol. The number of ketones is 1. The Hall–Kier alpha value is -3.28. The van der Waals surface area contributed by atoms with E-state index in [1.54, 1.807) is 16.7 Å². The number of aromatic nitrogens is 1. The fraction of sp³-hybridized carbons (Fsp3) is 0.148. The summed E-state index contributed by atoms with van der Waals surface area (Å²) in [5, 5.41) is 2.78. The van der Waals surface area contributed by atoms with E-state index in [0.29, 0.717) is 26.4 Å². The molecule has 0 spiro atoms. The lowest BCUT2D eigenvalue weighted by Crippen LogP contribution is -2.40. The summed E-state index contributed by atoms with van der Waals surface area (Å²) in [6, 6.07) is 21.1. The molecule has 33 heavy (non-hydrogen) atoms. The van der Waals surface area contributed by atoms with Crippen LogP contribution in [0.2, 0.25) is 5.02 Å². The number of Topliss-reactive ketones (excluding diaryl/α,β-unsaturated/α-hetero) is 1. The molecule has 1 aliphatic carbocycles. The molecule has 2 heterocycles. The second-order valence-electron chi connectivity index (χ2n) is 8.34. The molecule has 1 atom stereocenters. The number of hydrogen-bond donors (Lipinski definition) is 0. The fourth-order valence-electron chi connectivity index (χ4n) is 4.80. The molecule has 1 unspecified atom stereocenters. The van der Waals surface area contributed by atoms with Gasteiger partial charge in [0.15, 0.2) is 10.6 Å². The fourth-order valence-corrected chi connectivity index (χ4v) is 5.95. The van der Waals surface area contributed by atoms with Crippen molar-refractivity contribution in [2.45, 2.75) is 25.3 Å². The smallest absolute Gasteiger partial charge is 0.271 e. The molecule has 2 aliphatic rings. The lowest BCUT2D eigenvalue weighted by molar-refractivity contribution is -0.116. The zero-order valence-electron chi connectivity index (χ0n) is 17.6. The van der Waals surface area contributed by atoms with Crippen molar-refractivity contribution in [1.29, 1.82) is 0 Å². The molecule has 4 nitrogen and oxygen atoms in total. The molecule has 6 rings (SSSR count). The van der Waals surface area contributed by atoms with Crippen molar-refractivity contribution in [3.63, 3.8) is 0 Å². The Morgan fingerprint density at radius 3 is 2.61 bits per heavy atom. The maximum absolute atomic E-state index is 13.7. The number of allylic oxidation sites excluding steroid dienone is 2. The normalized spacial score (nSPS) is 18.3. The van der Waals surface area contributed by atoms with Crippen LogP contribution in [0.5, 0.6) is 0 Å². The van der Waals surface area contributed by atoms with E-state index in [4.69, 9.17) is 16.6 Å². The molecule has 0 fully saturated rings. The second-order valence-corrected chi connectivity index (χ2v) is 9.79. The van der Waals surface area contributed by atoms with Gasteiger partial charge in [0.05, 0.1) is 16.3 Å². The summed E-state index contributed by atoms with van der Waals surface area (Å²) in [5.74, 6) is 0.0879. The first-order valence-electron chi connectivity index (χ1n) is 10.9. The van der Waals surface area contributed by atoms with Gasteiger partial charge >= 0.3 is 0 Å². The molecule has 3 aromatic carbocycles. The Bertz CT molecular complexity index is 1640. The number of benzene rings is 3. The van der Waals surface area contributed by atoms with Crippen molar-refractivity contribution < 1.29 is 4.79 Å². The summed E-state index contributed by atoms with van der Waals surface area (Å²) < 4.78 is 2.31. The highest BCUT2D eigenvalue weighted by atomic mass is 35.5. The lowest BCUT2D eigenvalue weighted by Gasteiger charge is -2.29. The van der Waals surface area contributed by atoms with Gasteiger partial charge in [-0.25, -0.2) is 4.99 Å². The molecule has 0 N–H and O–H groups in total. The first kappa shape index (κ1) is 20.3. The monoisotopic (exact) mass is 470 g/mol. The first-order valence-corrected chi connectivity index (χ1v) is 12.1. The number of carbonyl (C=O) groups is 1. The van der Waals surface area contributed by atoms with Crippen LogP contribution in [0.3, 0.4) is 0 Å². The summed E-state index contributed by atoms with van der Waals surface area (Å²) in [6.07, 6.45) is 3.91. The van der Waals surface area contributed by atoms with Crippen LogP contribution in [0.1, 0.15) is 36.4 Å². The van der Waals surface area contributed by atoms with Gasteiger partial charge in [-0.1, -0.05) is 77.5 Å². The van der Waals surface area contributed by atoms with Gasteiger partial charge in [-0.2, -0.15) is 0 Å². The van der Waals surface area contributed by atoms with Crippen LogP contribution < -0.4 is 14.9 Å². The lowest BCUT2D eigenvalue weighted by atomic mass is 9.84. The Kier molecular flexibility index (Phi) is 4.89. The van der Waals surface area contributed by atoms with E-state index in [1.807, 2.05) is 42.5 Å². The number of rotatable bonds is 2. The van der Waals surface area contributed by atoms with Gasteiger partial charge in [-0.3, -0.25) is 14.2 Å². The molecule has 1 aromatic heterocycles. The average molecular weight is 471 g/mol. The summed E-state index contributed by atoms with van der Waals surface area (Å²) in [6.45, 7) is 0. The molecule has 0 amide bonds. The van der Waals surface area contributed by atoms with E-state index in [9.17, 15) is 9.59 Å². The third-order valence-electron chi connectivity index (χ3n) is 6.31. The van der Waals surface area contributed by atoms with Crippen LogP contribution in [0.4, 0.5) is 0 Å². The molecule has 0 bridgehead atoms. The highest BCUT2D eigenvalue weighted by Gasteiger charge is 2.35.